The molecule has 0 bridgehead atoms. The molecule has 0 radical (unpaired) electrons. The van der Waals surface area contributed by atoms with Crippen LogP contribution in [0, 0.1) is 5.92 Å². The van der Waals surface area contributed by atoms with Gasteiger partial charge in [0.25, 0.3) is 0 Å². The number of carboxylic acids is 1. The van der Waals surface area contributed by atoms with E-state index >= 15 is 0 Å². The molecule has 2 atom stereocenters. The molecule has 0 aliphatic carbocycles. The van der Waals surface area contributed by atoms with Crippen molar-refractivity contribution in [3.8, 4) is 0 Å². The van der Waals surface area contributed by atoms with E-state index in [1.54, 1.807) is 0 Å². The van der Waals surface area contributed by atoms with Crippen LogP contribution in [0.25, 0.3) is 0 Å². The quantitative estimate of drug-likeness (QED) is 0.642. The molecule has 0 amide bonds. The van der Waals surface area contributed by atoms with Crippen LogP contribution in [0.5, 0.6) is 0 Å². The van der Waals surface area contributed by atoms with E-state index in [2.05, 4.69) is 4.72 Å². The number of carboxylic acid groups (broad SMARTS) is 1. The Hall–Kier alpha value is -0.620. The summed E-state index contributed by atoms with van der Waals surface area (Å²) in [4.78, 5) is 10.4. The largest absolute Gasteiger partial charge is 0.481 e. The first-order valence-electron chi connectivity index (χ1n) is 3.44. The van der Waals surface area contributed by atoms with Gasteiger partial charge in [0.15, 0.2) is 0 Å². The van der Waals surface area contributed by atoms with Crippen LogP contribution >= 0.6 is 0 Å². The fourth-order valence-electron chi connectivity index (χ4n) is 0.654. The maximum Gasteiger partial charge on any atom is 0.307 e. The Kier molecular flexibility index (Phi) is 3.66. The molecule has 0 fully saturated rings. The predicted octanol–water partition coefficient (Wildman–Crippen LogP) is -0.355. The van der Waals surface area contributed by atoms with Crippen molar-refractivity contribution >= 4 is 16.0 Å². The third-order valence-electron chi connectivity index (χ3n) is 1.54. The van der Waals surface area contributed by atoms with Crippen LogP contribution in [-0.2, 0) is 14.8 Å². The monoisotopic (exact) mass is 195 g/mol. The van der Waals surface area contributed by atoms with Gasteiger partial charge < -0.3 is 5.11 Å². The Morgan fingerprint density at radius 2 is 1.83 bits per heavy atom. The SMILES string of the molecule is CC(NS(C)(=O)=O)C(C)C(=O)O. The first-order valence-corrected chi connectivity index (χ1v) is 5.33. The molecule has 2 unspecified atom stereocenters. The van der Waals surface area contributed by atoms with Gasteiger partial charge in [0, 0.05) is 6.04 Å². The molecule has 0 saturated heterocycles. The highest BCUT2D eigenvalue weighted by atomic mass is 32.2. The van der Waals surface area contributed by atoms with Crippen LogP contribution in [-0.4, -0.2) is 31.8 Å². The van der Waals surface area contributed by atoms with Crippen molar-refractivity contribution in [3.05, 3.63) is 0 Å². The van der Waals surface area contributed by atoms with E-state index in [0.29, 0.717) is 0 Å². The molecule has 12 heavy (non-hydrogen) atoms. The highest BCUT2D eigenvalue weighted by Crippen LogP contribution is 2.02. The molecule has 0 aliphatic heterocycles. The molecule has 0 rings (SSSR count). The summed E-state index contributed by atoms with van der Waals surface area (Å²) in [7, 11) is -3.32. The third-order valence-corrected chi connectivity index (χ3v) is 2.34. The molecule has 0 heterocycles. The standard InChI is InChI=1S/C6H13NO4S/c1-4(6(8)9)5(2)7-12(3,10)11/h4-5,7H,1-3H3,(H,8,9). The minimum absolute atomic E-state index is 0.586. The zero-order chi connectivity index (χ0) is 9.94. The lowest BCUT2D eigenvalue weighted by molar-refractivity contribution is -0.141. The highest BCUT2D eigenvalue weighted by Gasteiger charge is 2.21. The van der Waals surface area contributed by atoms with Crippen LogP contribution < -0.4 is 4.72 Å². The Labute approximate surface area is 71.8 Å². The zero-order valence-electron chi connectivity index (χ0n) is 7.23. The second-order valence-corrected chi connectivity index (χ2v) is 4.59. The Balaban J connectivity index is 4.23. The lowest BCUT2D eigenvalue weighted by atomic mass is 10.1. The molecular weight excluding hydrogens is 182 g/mol. The summed E-state index contributed by atoms with van der Waals surface area (Å²) in [6, 6.07) is -0.586. The van der Waals surface area contributed by atoms with Crippen molar-refractivity contribution in [1.82, 2.24) is 4.72 Å². The summed E-state index contributed by atoms with van der Waals surface area (Å²) >= 11 is 0. The van der Waals surface area contributed by atoms with Crippen molar-refractivity contribution in [2.75, 3.05) is 6.26 Å². The first-order chi connectivity index (χ1) is 5.24. The van der Waals surface area contributed by atoms with E-state index in [-0.39, 0.29) is 0 Å². The van der Waals surface area contributed by atoms with E-state index in [1.807, 2.05) is 0 Å². The van der Waals surface area contributed by atoms with E-state index < -0.39 is 28.0 Å². The van der Waals surface area contributed by atoms with Crippen LogP contribution in [0.2, 0.25) is 0 Å². The number of carbonyl (C=O) groups is 1. The van der Waals surface area contributed by atoms with Crippen LogP contribution in [0.3, 0.4) is 0 Å². The van der Waals surface area contributed by atoms with Gasteiger partial charge in [-0.15, -0.1) is 0 Å². The normalized spacial score (nSPS) is 16.9. The molecule has 0 aromatic heterocycles. The molecule has 5 nitrogen and oxygen atoms in total. The maximum atomic E-state index is 10.7. The van der Waals surface area contributed by atoms with Gasteiger partial charge in [-0.2, -0.15) is 0 Å². The highest BCUT2D eigenvalue weighted by molar-refractivity contribution is 7.88. The second-order valence-electron chi connectivity index (χ2n) is 2.81. The summed E-state index contributed by atoms with van der Waals surface area (Å²) in [6.07, 6.45) is 0.998. The Morgan fingerprint density at radius 1 is 1.42 bits per heavy atom. The zero-order valence-corrected chi connectivity index (χ0v) is 8.05. The van der Waals surface area contributed by atoms with E-state index in [0.717, 1.165) is 6.26 Å². The topological polar surface area (TPSA) is 83.5 Å². The minimum Gasteiger partial charge on any atom is -0.481 e. The third kappa shape index (κ3) is 4.30. The summed E-state index contributed by atoms with van der Waals surface area (Å²) in [5, 5.41) is 8.51. The Bertz CT molecular complexity index is 259. The molecule has 0 saturated carbocycles. The number of nitrogens with one attached hydrogen (secondary N) is 1. The van der Waals surface area contributed by atoms with Gasteiger partial charge in [-0.3, -0.25) is 4.79 Å². The maximum absolute atomic E-state index is 10.7. The van der Waals surface area contributed by atoms with Crippen molar-refractivity contribution in [3.63, 3.8) is 0 Å². The van der Waals surface area contributed by atoms with E-state index in [1.165, 1.54) is 13.8 Å². The van der Waals surface area contributed by atoms with Crippen LogP contribution in [0.1, 0.15) is 13.8 Å². The average Bonchev–Trinajstić information content (AvgIpc) is 1.82. The molecule has 6 heteroatoms. The predicted molar refractivity (Wildman–Crippen MR) is 44.2 cm³/mol. The van der Waals surface area contributed by atoms with E-state index in [4.69, 9.17) is 5.11 Å². The fraction of sp³-hybridized carbons (Fsp3) is 0.833. The summed E-state index contributed by atoms with van der Waals surface area (Å²) in [6.45, 7) is 2.96. The molecule has 2 N–H and O–H groups in total. The Morgan fingerprint density at radius 3 is 2.08 bits per heavy atom. The summed E-state index contributed by atoms with van der Waals surface area (Å²) in [5.74, 6) is -1.74. The fourth-order valence-corrected chi connectivity index (χ4v) is 1.53. The molecule has 0 aromatic rings. The number of hydrogen-bond donors (Lipinski definition) is 2. The lowest BCUT2D eigenvalue weighted by Gasteiger charge is -2.15. The number of aliphatic carboxylic acids is 1. The van der Waals surface area contributed by atoms with Crippen molar-refractivity contribution in [2.45, 2.75) is 19.9 Å². The van der Waals surface area contributed by atoms with Gasteiger partial charge >= 0.3 is 5.97 Å². The molecule has 0 spiro atoms. The van der Waals surface area contributed by atoms with Gasteiger partial charge in [0.1, 0.15) is 0 Å². The molecular formula is C6H13NO4S. The van der Waals surface area contributed by atoms with Gasteiger partial charge in [0.05, 0.1) is 12.2 Å². The summed E-state index contributed by atoms with van der Waals surface area (Å²) < 4.78 is 23.5. The second kappa shape index (κ2) is 3.86. The van der Waals surface area contributed by atoms with Gasteiger partial charge in [-0.25, -0.2) is 13.1 Å². The molecule has 0 aliphatic rings. The van der Waals surface area contributed by atoms with Crippen molar-refractivity contribution in [1.29, 1.82) is 0 Å². The van der Waals surface area contributed by atoms with Gasteiger partial charge in [-0.05, 0) is 6.92 Å². The van der Waals surface area contributed by atoms with Crippen molar-refractivity contribution in [2.24, 2.45) is 5.92 Å². The smallest absolute Gasteiger partial charge is 0.307 e. The van der Waals surface area contributed by atoms with Crippen molar-refractivity contribution < 1.29 is 18.3 Å². The molecule has 0 aromatic carbocycles. The number of sulfonamides is 1. The molecule has 72 valence electrons. The minimum atomic E-state index is -3.32. The van der Waals surface area contributed by atoms with Gasteiger partial charge in [-0.1, -0.05) is 6.92 Å². The summed E-state index contributed by atoms with van der Waals surface area (Å²) in [5.41, 5.74) is 0. The van der Waals surface area contributed by atoms with E-state index in [9.17, 15) is 13.2 Å². The number of rotatable bonds is 4. The van der Waals surface area contributed by atoms with Gasteiger partial charge in [0.2, 0.25) is 10.0 Å². The average molecular weight is 195 g/mol. The lowest BCUT2D eigenvalue weighted by Crippen LogP contribution is -2.39. The van der Waals surface area contributed by atoms with Crippen LogP contribution in [0.4, 0.5) is 0 Å². The van der Waals surface area contributed by atoms with Crippen LogP contribution in [0.15, 0.2) is 0 Å². The number of hydrogen-bond acceptors (Lipinski definition) is 3. The first kappa shape index (κ1) is 11.4.